The number of alkyl carbamates (subject to hydrolysis) is 1. The number of hydrogen-bond donors (Lipinski definition) is 4. The number of rotatable bonds is 47. The Kier molecular flexibility index (Phi) is 51.9. The summed E-state index contributed by atoms with van der Waals surface area (Å²) in [7, 11) is 2.85. The molecule has 26 heteroatoms. The fourth-order valence-corrected chi connectivity index (χ4v) is 8.89. The number of carboxylic acid groups (broad SMARTS) is 1. The smallest absolute Gasteiger partial charge is 0.407 e. The summed E-state index contributed by atoms with van der Waals surface area (Å²) in [5.74, 6) is -2.01. The van der Waals surface area contributed by atoms with Crippen molar-refractivity contribution in [1.82, 2.24) is 15.5 Å². The molecule has 2 aliphatic rings. The Bertz CT molecular complexity index is 2030. The number of carbonyl (C=O) groups excluding carboxylic acids is 4. The lowest BCUT2D eigenvalue weighted by molar-refractivity contribution is -0.147. The SMILES string of the molecule is CC(C)(C)OC(=O)NCCOCCOCCOCCOCCOCCOCCC(=O)O.COC(=O)C(c1ccccc1)C1CCCCN1.COC(=O)C(c1ccccc1)C1CCCCN1C(=O)CCOCCOCCOCCOCCOCCOCCN.Cl. The van der Waals surface area contributed by atoms with Crippen LogP contribution in [0.2, 0.25) is 0 Å². The molecule has 512 valence electrons. The number of methoxy groups -OCH3 is 2. The number of carboxylic acids is 1. The summed E-state index contributed by atoms with van der Waals surface area (Å²) in [5.41, 5.74) is 6.73. The maximum absolute atomic E-state index is 13.1. The van der Waals surface area contributed by atoms with E-state index in [1.165, 1.54) is 27.1 Å². The predicted octanol–water partition coefficient (Wildman–Crippen LogP) is 5.37. The molecule has 0 aliphatic carbocycles. The van der Waals surface area contributed by atoms with E-state index in [2.05, 4.69) is 10.6 Å². The molecule has 0 radical (unpaired) electrons. The Balaban J connectivity index is 0.000000714. The number of benzene rings is 2. The van der Waals surface area contributed by atoms with Crippen LogP contribution in [0.5, 0.6) is 0 Å². The zero-order valence-corrected chi connectivity index (χ0v) is 54.4. The molecule has 0 bridgehead atoms. The van der Waals surface area contributed by atoms with Crippen LogP contribution in [0.15, 0.2) is 60.7 Å². The number of hydrogen-bond acceptors (Lipinski definition) is 22. The summed E-state index contributed by atoms with van der Waals surface area (Å²) in [6.07, 6.45) is 5.87. The summed E-state index contributed by atoms with van der Waals surface area (Å²) in [5, 5.41) is 14.5. The van der Waals surface area contributed by atoms with Crippen LogP contribution < -0.4 is 16.4 Å². The number of carbonyl (C=O) groups is 5. The van der Waals surface area contributed by atoms with Crippen LogP contribution in [0.3, 0.4) is 0 Å². The molecule has 89 heavy (non-hydrogen) atoms. The van der Waals surface area contributed by atoms with Crippen molar-refractivity contribution in [1.29, 1.82) is 0 Å². The maximum Gasteiger partial charge on any atom is 0.407 e. The van der Waals surface area contributed by atoms with Crippen molar-refractivity contribution in [3.8, 4) is 0 Å². The number of nitrogens with zero attached hydrogens (tertiary/aromatic N) is 1. The average molecular weight is 1290 g/mol. The molecule has 2 aliphatic heterocycles. The van der Waals surface area contributed by atoms with Gasteiger partial charge in [-0.25, -0.2) is 4.79 Å². The molecule has 2 fully saturated rings. The van der Waals surface area contributed by atoms with Gasteiger partial charge in [0.1, 0.15) is 11.5 Å². The molecule has 2 aromatic carbocycles. The fourth-order valence-electron chi connectivity index (χ4n) is 8.89. The quantitative estimate of drug-likeness (QED) is 0.0368. The largest absolute Gasteiger partial charge is 0.481 e. The first-order chi connectivity index (χ1) is 42.8. The van der Waals surface area contributed by atoms with E-state index < -0.39 is 23.6 Å². The Hall–Kier alpha value is -4.68. The number of likely N-dealkylation sites (tertiary alicyclic amines) is 1. The highest BCUT2D eigenvalue weighted by Gasteiger charge is 2.38. The van der Waals surface area contributed by atoms with Crippen LogP contribution >= 0.6 is 12.4 Å². The van der Waals surface area contributed by atoms with Gasteiger partial charge in [-0.05, 0) is 70.5 Å². The van der Waals surface area contributed by atoms with Crippen LogP contribution in [-0.4, -0.2) is 257 Å². The molecule has 2 aromatic rings. The van der Waals surface area contributed by atoms with E-state index in [0.717, 1.165) is 43.4 Å². The lowest BCUT2D eigenvalue weighted by Crippen LogP contribution is -2.49. The van der Waals surface area contributed by atoms with Gasteiger partial charge in [-0.1, -0.05) is 67.1 Å². The molecule has 2 heterocycles. The van der Waals surface area contributed by atoms with Crippen molar-refractivity contribution < 1.29 is 100 Å². The Morgan fingerprint density at radius 3 is 1.30 bits per heavy atom. The number of ether oxygens (including phenoxy) is 15. The van der Waals surface area contributed by atoms with Crippen LogP contribution in [0.4, 0.5) is 4.79 Å². The van der Waals surface area contributed by atoms with Gasteiger partial charge in [-0.3, -0.25) is 19.2 Å². The highest BCUT2D eigenvalue weighted by atomic mass is 35.5. The minimum atomic E-state index is -0.876. The van der Waals surface area contributed by atoms with Gasteiger partial charge in [0.25, 0.3) is 0 Å². The highest BCUT2D eigenvalue weighted by molar-refractivity contribution is 5.85. The zero-order chi connectivity index (χ0) is 64.0. The minimum Gasteiger partial charge on any atom is -0.481 e. The van der Waals surface area contributed by atoms with Crippen LogP contribution in [0.25, 0.3) is 0 Å². The monoisotopic (exact) mass is 1290 g/mol. The Labute approximate surface area is 534 Å². The second-order valence-corrected chi connectivity index (χ2v) is 21.0. The Morgan fingerprint density at radius 1 is 0.528 bits per heavy atom. The predicted molar refractivity (Wildman–Crippen MR) is 335 cm³/mol. The third-order valence-corrected chi connectivity index (χ3v) is 13.1. The number of amides is 2. The van der Waals surface area contributed by atoms with Gasteiger partial charge in [0.2, 0.25) is 5.91 Å². The number of esters is 2. The first-order valence-corrected chi connectivity index (χ1v) is 30.9. The number of piperidine rings is 2. The molecule has 4 rings (SSSR count). The van der Waals surface area contributed by atoms with E-state index in [-0.39, 0.29) is 67.7 Å². The van der Waals surface area contributed by atoms with Gasteiger partial charge in [0.15, 0.2) is 0 Å². The minimum absolute atomic E-state index is 0. The summed E-state index contributed by atoms with van der Waals surface area (Å²) in [4.78, 5) is 61.2. The van der Waals surface area contributed by atoms with Crippen molar-refractivity contribution in [3.05, 3.63) is 71.8 Å². The third kappa shape index (κ3) is 43.7. The van der Waals surface area contributed by atoms with E-state index in [4.69, 9.17) is 81.9 Å². The molecule has 0 saturated carbocycles. The second kappa shape index (κ2) is 56.1. The van der Waals surface area contributed by atoms with Crippen molar-refractivity contribution in [2.24, 2.45) is 5.73 Å². The summed E-state index contributed by atoms with van der Waals surface area (Å²) in [6.45, 7) is 18.6. The number of nitrogens with two attached hydrogens (primary N) is 1. The topological polar surface area (TPSA) is 297 Å². The Morgan fingerprint density at radius 2 is 0.910 bits per heavy atom. The molecule has 25 nitrogen and oxygen atoms in total. The third-order valence-electron chi connectivity index (χ3n) is 13.1. The van der Waals surface area contributed by atoms with E-state index in [1.807, 2.05) is 86.3 Å². The number of aliphatic carboxylic acids is 1. The molecule has 5 N–H and O–H groups in total. The summed E-state index contributed by atoms with van der Waals surface area (Å²) >= 11 is 0. The maximum atomic E-state index is 13.1. The van der Waals surface area contributed by atoms with Gasteiger partial charge in [-0.2, -0.15) is 0 Å². The molecule has 0 spiro atoms. The van der Waals surface area contributed by atoms with E-state index >= 15 is 0 Å². The van der Waals surface area contributed by atoms with Gasteiger partial charge in [-0.15, -0.1) is 12.4 Å². The van der Waals surface area contributed by atoms with Crippen LogP contribution in [0.1, 0.15) is 95.1 Å². The molecule has 4 atom stereocenters. The average Bonchev–Trinajstić information content (AvgIpc) is 2.35. The molecule has 2 saturated heterocycles. The number of halogens is 1. The normalized spacial score (nSPS) is 15.4. The van der Waals surface area contributed by atoms with Crippen molar-refractivity contribution in [2.75, 3.05) is 199 Å². The van der Waals surface area contributed by atoms with Crippen molar-refractivity contribution >= 4 is 42.3 Å². The van der Waals surface area contributed by atoms with Gasteiger partial charge >= 0.3 is 24.0 Å². The summed E-state index contributed by atoms with van der Waals surface area (Å²) in [6, 6.07) is 19.4. The first-order valence-electron chi connectivity index (χ1n) is 30.9. The van der Waals surface area contributed by atoms with Crippen LogP contribution in [-0.2, 0) is 90.2 Å². The van der Waals surface area contributed by atoms with Crippen molar-refractivity contribution in [3.63, 3.8) is 0 Å². The highest BCUT2D eigenvalue weighted by Crippen LogP contribution is 2.32. The van der Waals surface area contributed by atoms with Crippen LogP contribution in [0, 0.1) is 0 Å². The lowest BCUT2D eigenvalue weighted by atomic mass is 9.85. The van der Waals surface area contributed by atoms with E-state index in [1.54, 1.807) is 0 Å². The number of nitrogens with one attached hydrogen (secondary N) is 2. The second-order valence-electron chi connectivity index (χ2n) is 21.0. The van der Waals surface area contributed by atoms with Gasteiger partial charge < -0.3 is 97.4 Å². The van der Waals surface area contributed by atoms with Crippen molar-refractivity contribution in [2.45, 2.75) is 102 Å². The van der Waals surface area contributed by atoms with Gasteiger partial charge in [0, 0.05) is 31.7 Å². The molecule has 0 aromatic heterocycles. The first kappa shape index (κ1) is 82.3. The fraction of sp³-hybridized carbons (Fsp3) is 0.730. The molecular weight excluding hydrogens is 1180 g/mol. The molecule has 4 unspecified atom stereocenters. The molecule has 2 amide bonds. The summed E-state index contributed by atoms with van der Waals surface area (Å²) < 4.78 is 79.6. The zero-order valence-electron chi connectivity index (χ0n) is 53.6. The van der Waals surface area contributed by atoms with E-state index in [0.29, 0.717) is 172 Å². The lowest BCUT2D eigenvalue weighted by Gasteiger charge is -2.39. The van der Waals surface area contributed by atoms with Gasteiger partial charge in [0.05, 0.1) is 192 Å². The standard InChI is InChI=1S/C29H48N2O9.C20H39NO10.C14H19NO2.ClH/c1-34-29(33)28(25-7-3-2-4-8-25)26-9-5-6-12-31(26)27(32)10-13-35-15-17-37-19-21-39-23-24-40-22-20-38-18-16-36-14-11-30;1-20(2,3)31-19(24)21-5-7-26-9-11-28-13-15-30-17-16-29-14-12-27-10-8-25-6-4-18(22)23;1-17-14(16)13(11-7-3-2-4-8-11)12-9-5-6-10-15-12;/h2-4,7-8,26,28H,5-6,9-24,30H2,1H3;4-17H2,1-3H3,(H,21,24)(H,22,23);2-4,7-8,12-13,15H,5-6,9-10H2,1H3;1H. The molecular formula is C63H107ClN4O21. The van der Waals surface area contributed by atoms with E-state index in [9.17, 15) is 24.0 Å².